The van der Waals surface area contributed by atoms with Crippen LogP contribution >= 0.6 is 0 Å². The Morgan fingerprint density at radius 3 is 2.33 bits per heavy atom. The summed E-state index contributed by atoms with van der Waals surface area (Å²) in [5.74, 6) is 0. The van der Waals surface area contributed by atoms with Crippen molar-refractivity contribution in [2.24, 2.45) is 10.2 Å². The van der Waals surface area contributed by atoms with Crippen LogP contribution in [0.5, 0.6) is 0 Å². The molecule has 15 heavy (non-hydrogen) atoms. The maximum atomic E-state index is 4.12. The number of hydrogen-bond acceptors (Lipinski definition) is 2. The largest absolute Gasteiger partial charge is 0.151 e. The van der Waals surface area contributed by atoms with E-state index in [1.54, 1.807) is 6.07 Å². The smallest absolute Gasteiger partial charge is 0.0863 e. The van der Waals surface area contributed by atoms with Gasteiger partial charge in [-0.25, -0.2) is 0 Å². The van der Waals surface area contributed by atoms with Crippen LogP contribution in [0.4, 0.5) is 11.4 Å². The number of benzene rings is 2. The van der Waals surface area contributed by atoms with Gasteiger partial charge in [-0.15, -0.1) is 0 Å². The van der Waals surface area contributed by atoms with E-state index in [2.05, 4.69) is 16.3 Å². The first kappa shape index (κ1) is 9.59. The van der Waals surface area contributed by atoms with E-state index in [9.17, 15) is 0 Å². The molecule has 2 rings (SSSR count). The van der Waals surface area contributed by atoms with E-state index >= 15 is 0 Å². The van der Waals surface area contributed by atoms with Crippen LogP contribution in [0.25, 0.3) is 0 Å². The molecule has 0 aliphatic carbocycles. The third-order valence-corrected chi connectivity index (χ3v) is 2.01. The lowest BCUT2D eigenvalue weighted by Crippen LogP contribution is -1.68. The van der Waals surface area contributed by atoms with Gasteiger partial charge in [-0.05, 0) is 37.3 Å². The van der Waals surface area contributed by atoms with Crippen molar-refractivity contribution in [3.05, 3.63) is 60.2 Å². The van der Waals surface area contributed by atoms with Gasteiger partial charge in [-0.2, -0.15) is 10.2 Å². The lowest BCUT2D eigenvalue weighted by molar-refractivity contribution is 1.23. The van der Waals surface area contributed by atoms with Crippen molar-refractivity contribution < 1.29 is 0 Å². The lowest BCUT2D eigenvalue weighted by Gasteiger charge is -1.93. The number of hydrogen-bond donors (Lipinski definition) is 0. The van der Waals surface area contributed by atoms with Crippen molar-refractivity contribution in [3.63, 3.8) is 0 Å². The van der Waals surface area contributed by atoms with Crippen LogP contribution < -0.4 is 0 Å². The average Bonchev–Trinajstić information content (AvgIpc) is 2.30. The van der Waals surface area contributed by atoms with Gasteiger partial charge in [0.05, 0.1) is 11.4 Å². The molecule has 0 atom stereocenters. The first-order chi connectivity index (χ1) is 7.34. The first-order valence-electron chi connectivity index (χ1n) is 4.79. The number of aryl methyl sites for hydroxylation is 1. The molecule has 0 amide bonds. The molecule has 0 N–H and O–H groups in total. The molecule has 0 bridgehead atoms. The first-order valence-corrected chi connectivity index (χ1v) is 4.79. The minimum atomic E-state index is 0.818. The molecular formula is C13H11N2. The van der Waals surface area contributed by atoms with Gasteiger partial charge in [-0.1, -0.05) is 29.8 Å². The summed E-state index contributed by atoms with van der Waals surface area (Å²) in [7, 11) is 0. The molecule has 0 unspecified atom stereocenters. The van der Waals surface area contributed by atoms with E-state index in [-0.39, 0.29) is 0 Å². The summed E-state index contributed by atoms with van der Waals surface area (Å²) in [6, 6.07) is 18.3. The van der Waals surface area contributed by atoms with Gasteiger partial charge in [0, 0.05) is 0 Å². The standard InChI is InChI=1S/C13H11N2/c1-11-7-9-13(10-8-11)15-14-12-5-3-2-4-6-12/h2-3,5-10H,1H3. The predicted octanol–water partition coefficient (Wildman–Crippen LogP) is 4.21. The van der Waals surface area contributed by atoms with Crippen LogP contribution in [0.2, 0.25) is 0 Å². The third-order valence-electron chi connectivity index (χ3n) is 2.01. The fourth-order valence-corrected chi connectivity index (χ4v) is 1.17. The highest BCUT2D eigenvalue weighted by Crippen LogP contribution is 2.17. The summed E-state index contributed by atoms with van der Waals surface area (Å²) >= 11 is 0. The molecule has 0 saturated carbocycles. The SMILES string of the molecule is Cc1ccc(N=Nc2c[c]ccc2)cc1. The van der Waals surface area contributed by atoms with Crippen molar-refractivity contribution in [2.45, 2.75) is 6.92 Å². The molecule has 0 aliphatic heterocycles. The van der Waals surface area contributed by atoms with E-state index in [0.29, 0.717) is 0 Å². The lowest BCUT2D eigenvalue weighted by atomic mass is 10.2. The Hall–Kier alpha value is -1.96. The molecule has 0 spiro atoms. The normalized spacial score (nSPS) is 10.7. The third kappa shape index (κ3) is 2.74. The van der Waals surface area contributed by atoms with Crippen LogP contribution in [0.15, 0.2) is 58.8 Å². The van der Waals surface area contributed by atoms with Gasteiger partial charge >= 0.3 is 0 Å². The second-order valence-electron chi connectivity index (χ2n) is 3.30. The van der Waals surface area contributed by atoms with Crippen molar-refractivity contribution in [1.29, 1.82) is 0 Å². The molecule has 1 radical (unpaired) electrons. The quantitative estimate of drug-likeness (QED) is 0.641. The van der Waals surface area contributed by atoms with Crippen LogP contribution in [0.3, 0.4) is 0 Å². The Morgan fingerprint density at radius 2 is 1.67 bits per heavy atom. The van der Waals surface area contributed by atoms with Crippen LogP contribution in [-0.2, 0) is 0 Å². The number of rotatable bonds is 2. The Bertz CT molecular complexity index is 444. The highest BCUT2D eigenvalue weighted by atomic mass is 15.1. The van der Waals surface area contributed by atoms with Crippen molar-refractivity contribution >= 4 is 11.4 Å². The molecule has 2 nitrogen and oxygen atoms in total. The van der Waals surface area contributed by atoms with Crippen LogP contribution in [0.1, 0.15) is 5.56 Å². The zero-order chi connectivity index (χ0) is 10.5. The summed E-state index contributed by atoms with van der Waals surface area (Å²) in [6.45, 7) is 2.05. The van der Waals surface area contributed by atoms with E-state index in [0.717, 1.165) is 11.4 Å². The summed E-state index contributed by atoms with van der Waals surface area (Å²) < 4.78 is 0. The average molecular weight is 195 g/mol. The summed E-state index contributed by atoms with van der Waals surface area (Å²) in [4.78, 5) is 0. The fraction of sp³-hybridized carbons (Fsp3) is 0.0769. The molecule has 2 aromatic carbocycles. The molecule has 0 aromatic heterocycles. The molecule has 2 aromatic rings. The van der Waals surface area contributed by atoms with Crippen molar-refractivity contribution in [2.75, 3.05) is 0 Å². The Balaban J connectivity index is 2.15. The Morgan fingerprint density at radius 1 is 0.933 bits per heavy atom. The molecule has 0 aliphatic rings. The van der Waals surface area contributed by atoms with E-state index in [4.69, 9.17) is 0 Å². The molecule has 2 heteroatoms. The van der Waals surface area contributed by atoms with Crippen molar-refractivity contribution in [1.82, 2.24) is 0 Å². The Kier molecular flexibility index (Phi) is 2.88. The fourth-order valence-electron chi connectivity index (χ4n) is 1.17. The summed E-state index contributed by atoms with van der Waals surface area (Å²) in [5, 5.41) is 8.22. The monoisotopic (exact) mass is 195 g/mol. The zero-order valence-electron chi connectivity index (χ0n) is 8.51. The van der Waals surface area contributed by atoms with Crippen molar-refractivity contribution in [3.8, 4) is 0 Å². The van der Waals surface area contributed by atoms with Gasteiger partial charge in [-0.3, -0.25) is 0 Å². The highest BCUT2D eigenvalue weighted by Gasteiger charge is 1.89. The van der Waals surface area contributed by atoms with E-state index in [1.807, 2.05) is 49.4 Å². The highest BCUT2D eigenvalue weighted by molar-refractivity contribution is 5.40. The summed E-state index contributed by atoms with van der Waals surface area (Å²) in [6.07, 6.45) is 0. The van der Waals surface area contributed by atoms with Gasteiger partial charge in [0.25, 0.3) is 0 Å². The molecular weight excluding hydrogens is 184 g/mol. The zero-order valence-corrected chi connectivity index (χ0v) is 8.51. The van der Waals surface area contributed by atoms with Gasteiger partial charge in [0.2, 0.25) is 0 Å². The predicted molar refractivity (Wildman–Crippen MR) is 60.6 cm³/mol. The maximum Gasteiger partial charge on any atom is 0.0863 e. The second-order valence-corrected chi connectivity index (χ2v) is 3.30. The van der Waals surface area contributed by atoms with E-state index < -0.39 is 0 Å². The van der Waals surface area contributed by atoms with Crippen LogP contribution in [0, 0.1) is 13.0 Å². The van der Waals surface area contributed by atoms with Gasteiger partial charge in [0.15, 0.2) is 0 Å². The Labute approximate surface area is 89.3 Å². The molecule has 0 heterocycles. The van der Waals surface area contributed by atoms with Crippen LogP contribution in [-0.4, -0.2) is 0 Å². The second kappa shape index (κ2) is 4.51. The molecule has 0 saturated heterocycles. The van der Waals surface area contributed by atoms with E-state index in [1.165, 1.54) is 5.56 Å². The minimum Gasteiger partial charge on any atom is -0.151 e. The molecule has 0 fully saturated rings. The van der Waals surface area contributed by atoms with Gasteiger partial charge < -0.3 is 0 Å². The number of nitrogens with zero attached hydrogens (tertiary/aromatic N) is 2. The van der Waals surface area contributed by atoms with Gasteiger partial charge in [0.1, 0.15) is 0 Å². The number of azo groups is 1. The molecule has 73 valence electrons. The topological polar surface area (TPSA) is 24.7 Å². The summed E-state index contributed by atoms with van der Waals surface area (Å²) in [5.41, 5.74) is 2.91. The minimum absolute atomic E-state index is 0.818. The maximum absolute atomic E-state index is 4.12.